The second-order valence-corrected chi connectivity index (χ2v) is 6.97. The van der Waals surface area contributed by atoms with Crippen molar-refractivity contribution in [3.63, 3.8) is 0 Å². The third-order valence-corrected chi connectivity index (χ3v) is 5.01. The molecule has 1 heterocycles. The van der Waals surface area contributed by atoms with Crippen molar-refractivity contribution in [3.8, 4) is 11.5 Å². The van der Waals surface area contributed by atoms with Gasteiger partial charge in [-0.25, -0.2) is 0 Å². The molecule has 1 aliphatic heterocycles. The van der Waals surface area contributed by atoms with Gasteiger partial charge in [0.25, 0.3) is 0 Å². The van der Waals surface area contributed by atoms with Gasteiger partial charge in [-0.15, -0.1) is 24.8 Å². The van der Waals surface area contributed by atoms with E-state index in [1.807, 2.05) is 18.2 Å². The minimum absolute atomic E-state index is 0. The molecule has 0 spiro atoms. The number of hydrogen-bond acceptors (Lipinski definition) is 5. The monoisotopic (exact) mass is 442 g/mol. The molecular formula is C22H32Cl2N2O3. The highest BCUT2D eigenvalue weighted by molar-refractivity contribution is 5.85. The van der Waals surface area contributed by atoms with E-state index in [1.165, 1.54) is 24.0 Å². The SMILES string of the molecule is COc1cc(CNC2CCN(Cc3ccccc3)CC2)ccc1OCCO.Cl.Cl. The highest BCUT2D eigenvalue weighted by Gasteiger charge is 2.19. The molecule has 3 rings (SSSR count). The van der Waals surface area contributed by atoms with E-state index in [0.717, 1.165) is 26.2 Å². The molecule has 0 atom stereocenters. The largest absolute Gasteiger partial charge is 0.493 e. The van der Waals surface area contributed by atoms with Crippen LogP contribution >= 0.6 is 24.8 Å². The van der Waals surface area contributed by atoms with Crippen molar-refractivity contribution in [1.29, 1.82) is 0 Å². The van der Waals surface area contributed by atoms with Gasteiger partial charge in [0.1, 0.15) is 6.61 Å². The summed E-state index contributed by atoms with van der Waals surface area (Å²) in [6.45, 7) is 4.39. The Bertz CT molecular complexity index is 696. The van der Waals surface area contributed by atoms with Crippen LogP contribution in [0.2, 0.25) is 0 Å². The Morgan fingerprint density at radius 3 is 2.38 bits per heavy atom. The van der Waals surface area contributed by atoms with Crippen LogP contribution in [0.1, 0.15) is 24.0 Å². The highest BCUT2D eigenvalue weighted by atomic mass is 35.5. The van der Waals surface area contributed by atoms with E-state index in [-0.39, 0.29) is 38.0 Å². The average molecular weight is 443 g/mol. The van der Waals surface area contributed by atoms with E-state index in [1.54, 1.807) is 7.11 Å². The van der Waals surface area contributed by atoms with Gasteiger partial charge >= 0.3 is 0 Å². The Labute approximate surface area is 186 Å². The first-order chi connectivity index (χ1) is 13.3. The minimum atomic E-state index is -0.00453. The van der Waals surface area contributed by atoms with Crippen molar-refractivity contribution in [2.45, 2.75) is 32.0 Å². The summed E-state index contributed by atoms with van der Waals surface area (Å²) in [5, 5.41) is 12.6. The molecule has 2 aromatic carbocycles. The average Bonchev–Trinajstić information content (AvgIpc) is 2.72. The van der Waals surface area contributed by atoms with Crippen molar-refractivity contribution in [2.24, 2.45) is 0 Å². The maximum Gasteiger partial charge on any atom is 0.161 e. The number of ether oxygens (including phenoxy) is 2. The van der Waals surface area contributed by atoms with Gasteiger partial charge in [-0.05, 0) is 49.2 Å². The summed E-state index contributed by atoms with van der Waals surface area (Å²) in [5.41, 5.74) is 2.56. The van der Waals surface area contributed by atoms with Crippen molar-refractivity contribution in [3.05, 3.63) is 59.7 Å². The predicted molar refractivity (Wildman–Crippen MR) is 122 cm³/mol. The lowest BCUT2D eigenvalue weighted by Gasteiger charge is -2.32. The smallest absolute Gasteiger partial charge is 0.161 e. The van der Waals surface area contributed by atoms with Gasteiger partial charge in [-0.2, -0.15) is 0 Å². The number of halogens is 2. The lowest BCUT2D eigenvalue weighted by atomic mass is 10.0. The van der Waals surface area contributed by atoms with Gasteiger partial charge in [0.15, 0.2) is 11.5 Å². The van der Waals surface area contributed by atoms with Crippen molar-refractivity contribution >= 4 is 24.8 Å². The molecule has 1 aliphatic rings. The fraction of sp³-hybridized carbons (Fsp3) is 0.455. The zero-order valence-corrected chi connectivity index (χ0v) is 18.5. The Balaban J connectivity index is 0.00000210. The van der Waals surface area contributed by atoms with E-state index in [9.17, 15) is 0 Å². The molecule has 29 heavy (non-hydrogen) atoms. The quantitative estimate of drug-likeness (QED) is 0.620. The molecule has 0 bridgehead atoms. The number of nitrogens with zero attached hydrogens (tertiary/aromatic N) is 1. The molecule has 2 N–H and O–H groups in total. The number of hydrogen-bond donors (Lipinski definition) is 2. The maximum absolute atomic E-state index is 8.90. The number of aliphatic hydroxyl groups is 1. The van der Waals surface area contributed by atoms with Crippen LogP contribution in [-0.4, -0.2) is 49.5 Å². The molecule has 0 saturated carbocycles. The lowest BCUT2D eigenvalue weighted by Crippen LogP contribution is -2.41. The van der Waals surface area contributed by atoms with Crippen LogP contribution in [0.25, 0.3) is 0 Å². The van der Waals surface area contributed by atoms with Gasteiger partial charge in [0.05, 0.1) is 13.7 Å². The third kappa shape index (κ3) is 8.03. The molecule has 0 unspecified atom stereocenters. The van der Waals surface area contributed by atoms with E-state index < -0.39 is 0 Å². The van der Waals surface area contributed by atoms with Gasteiger partial charge < -0.3 is 19.9 Å². The number of piperidine rings is 1. The highest BCUT2D eigenvalue weighted by Crippen LogP contribution is 2.28. The zero-order valence-electron chi connectivity index (χ0n) is 16.9. The Morgan fingerprint density at radius 1 is 1.00 bits per heavy atom. The van der Waals surface area contributed by atoms with Gasteiger partial charge in [0.2, 0.25) is 0 Å². The standard InChI is InChI=1S/C22H30N2O3.2ClH/c1-26-22-15-19(7-8-21(22)27-14-13-25)16-23-20-9-11-24(12-10-20)17-18-5-3-2-4-6-18;;/h2-8,15,20,23,25H,9-14,16-17H2,1H3;2*1H. The summed E-state index contributed by atoms with van der Waals surface area (Å²) < 4.78 is 10.9. The molecule has 0 radical (unpaired) electrons. The topological polar surface area (TPSA) is 54.0 Å². The molecular weight excluding hydrogens is 411 g/mol. The van der Waals surface area contributed by atoms with Crippen LogP contribution in [0.15, 0.2) is 48.5 Å². The molecule has 2 aromatic rings. The van der Waals surface area contributed by atoms with Gasteiger partial charge in [0, 0.05) is 19.1 Å². The van der Waals surface area contributed by atoms with Gasteiger partial charge in [-0.3, -0.25) is 4.90 Å². The van der Waals surface area contributed by atoms with Crippen LogP contribution in [0.5, 0.6) is 11.5 Å². The number of nitrogens with one attached hydrogen (secondary N) is 1. The first-order valence-electron chi connectivity index (χ1n) is 9.68. The summed E-state index contributed by atoms with van der Waals surface area (Å²) in [7, 11) is 1.64. The molecule has 162 valence electrons. The number of aliphatic hydroxyl groups excluding tert-OH is 1. The summed E-state index contributed by atoms with van der Waals surface area (Å²) >= 11 is 0. The van der Waals surface area contributed by atoms with E-state index in [4.69, 9.17) is 14.6 Å². The van der Waals surface area contributed by atoms with E-state index in [2.05, 4.69) is 40.5 Å². The first kappa shape index (κ1) is 25.5. The third-order valence-electron chi connectivity index (χ3n) is 5.01. The summed E-state index contributed by atoms with van der Waals surface area (Å²) in [5.74, 6) is 1.38. The van der Waals surface area contributed by atoms with Crippen molar-refractivity contribution < 1.29 is 14.6 Å². The maximum atomic E-state index is 8.90. The van der Waals surface area contributed by atoms with Crippen LogP contribution < -0.4 is 14.8 Å². The zero-order chi connectivity index (χ0) is 18.9. The molecule has 5 nitrogen and oxygen atoms in total. The fourth-order valence-corrected chi connectivity index (χ4v) is 3.50. The summed E-state index contributed by atoms with van der Waals surface area (Å²) in [6, 6.07) is 17.2. The number of methoxy groups -OCH3 is 1. The predicted octanol–water partition coefficient (Wildman–Crippen LogP) is 3.66. The molecule has 0 amide bonds. The van der Waals surface area contributed by atoms with Crippen molar-refractivity contribution in [2.75, 3.05) is 33.4 Å². The Kier molecular flexibility index (Phi) is 12.0. The normalized spacial score (nSPS) is 14.6. The van der Waals surface area contributed by atoms with E-state index in [0.29, 0.717) is 17.5 Å². The van der Waals surface area contributed by atoms with Crippen molar-refractivity contribution in [1.82, 2.24) is 10.2 Å². The van der Waals surface area contributed by atoms with Crippen LogP contribution in [0.4, 0.5) is 0 Å². The van der Waals surface area contributed by atoms with Crippen LogP contribution in [0, 0.1) is 0 Å². The van der Waals surface area contributed by atoms with Crippen LogP contribution in [-0.2, 0) is 13.1 Å². The second kappa shape index (κ2) is 13.7. The Morgan fingerprint density at radius 2 is 1.72 bits per heavy atom. The molecule has 1 saturated heterocycles. The summed E-state index contributed by atoms with van der Waals surface area (Å²) in [6.07, 6.45) is 2.34. The number of likely N-dealkylation sites (tertiary alicyclic amines) is 1. The molecule has 7 heteroatoms. The van der Waals surface area contributed by atoms with E-state index >= 15 is 0 Å². The minimum Gasteiger partial charge on any atom is -0.493 e. The second-order valence-electron chi connectivity index (χ2n) is 6.97. The van der Waals surface area contributed by atoms with Crippen LogP contribution in [0.3, 0.4) is 0 Å². The molecule has 1 fully saturated rings. The Hall–Kier alpha value is -1.50. The number of rotatable bonds is 9. The number of benzene rings is 2. The van der Waals surface area contributed by atoms with Gasteiger partial charge in [-0.1, -0.05) is 36.4 Å². The summed E-state index contributed by atoms with van der Waals surface area (Å²) in [4.78, 5) is 2.53. The molecule has 0 aromatic heterocycles. The fourth-order valence-electron chi connectivity index (χ4n) is 3.50. The molecule has 0 aliphatic carbocycles. The first-order valence-corrected chi connectivity index (χ1v) is 9.68. The lowest BCUT2D eigenvalue weighted by molar-refractivity contribution is 0.190.